The van der Waals surface area contributed by atoms with Crippen LogP contribution in [-0.2, 0) is 11.3 Å². The molecular weight excluding hydrogens is 200 g/mol. The highest BCUT2D eigenvalue weighted by molar-refractivity contribution is 5.73. The Balaban J connectivity index is 2.19. The molecule has 0 radical (unpaired) electrons. The second kappa shape index (κ2) is 5.86. The lowest BCUT2D eigenvalue weighted by Gasteiger charge is -2.05. The average molecular weight is 214 g/mol. The molecule has 1 rings (SSSR count). The maximum Gasteiger partial charge on any atom is 0.315 e. The van der Waals surface area contributed by atoms with Crippen molar-refractivity contribution < 1.29 is 9.53 Å². The molecule has 0 saturated carbocycles. The molecule has 0 aliphatic rings. The molecule has 0 aromatic carbocycles. The van der Waals surface area contributed by atoms with Gasteiger partial charge in [-0.1, -0.05) is 0 Å². The third kappa shape index (κ3) is 4.32. The van der Waals surface area contributed by atoms with Gasteiger partial charge < -0.3 is 20.5 Å². The Hall–Kier alpha value is -1.76. The third-order valence-corrected chi connectivity index (χ3v) is 1.68. The van der Waals surface area contributed by atoms with Crippen molar-refractivity contribution in [1.29, 1.82) is 0 Å². The smallest absolute Gasteiger partial charge is 0.315 e. The van der Waals surface area contributed by atoms with Gasteiger partial charge in [0.15, 0.2) is 0 Å². The molecule has 0 fully saturated rings. The zero-order valence-corrected chi connectivity index (χ0v) is 8.42. The van der Waals surface area contributed by atoms with Crippen LogP contribution in [0.25, 0.3) is 0 Å². The van der Waals surface area contributed by atoms with Crippen LogP contribution >= 0.6 is 0 Å². The van der Waals surface area contributed by atoms with Crippen LogP contribution in [0.5, 0.6) is 0 Å². The number of amides is 2. The number of nitrogens with one attached hydrogen (secondary N) is 4. The number of ether oxygens (including phenoxy) is 1. The summed E-state index contributed by atoms with van der Waals surface area (Å²) in [5.74, 6) is 0. The van der Waals surface area contributed by atoms with E-state index in [1.165, 1.54) is 6.07 Å². The van der Waals surface area contributed by atoms with Gasteiger partial charge in [-0.15, -0.1) is 0 Å². The molecule has 7 heteroatoms. The number of carbonyl (C=O) groups excluding carboxylic acids is 1. The highest BCUT2D eigenvalue weighted by Crippen LogP contribution is 1.84. The van der Waals surface area contributed by atoms with Gasteiger partial charge in [-0.05, 0) is 0 Å². The molecule has 15 heavy (non-hydrogen) atoms. The summed E-state index contributed by atoms with van der Waals surface area (Å²) < 4.78 is 4.76. The Bertz CT molecular complexity index is 357. The number of hydrogen-bond donors (Lipinski definition) is 4. The molecular formula is C8H14N4O3. The van der Waals surface area contributed by atoms with E-state index in [2.05, 4.69) is 20.8 Å². The summed E-state index contributed by atoms with van der Waals surface area (Å²) in [6.07, 6.45) is 0. The molecule has 1 aromatic rings. The Morgan fingerprint density at radius 1 is 1.47 bits per heavy atom. The number of H-pyrrole nitrogens is 2. The molecule has 1 heterocycles. The van der Waals surface area contributed by atoms with E-state index in [0.717, 1.165) is 0 Å². The molecule has 4 N–H and O–H groups in total. The number of urea groups is 1. The van der Waals surface area contributed by atoms with Gasteiger partial charge in [0.2, 0.25) is 0 Å². The van der Waals surface area contributed by atoms with Crippen molar-refractivity contribution in [3.63, 3.8) is 0 Å². The molecule has 0 unspecified atom stereocenters. The van der Waals surface area contributed by atoms with Crippen LogP contribution in [-0.4, -0.2) is 36.5 Å². The van der Waals surface area contributed by atoms with Crippen LogP contribution in [0.15, 0.2) is 10.9 Å². The predicted octanol–water partition coefficient (Wildman–Crippen LogP) is -0.851. The van der Waals surface area contributed by atoms with Crippen LogP contribution in [0, 0.1) is 0 Å². The molecule has 0 aliphatic carbocycles. The standard InChI is InChI=1S/C8H14N4O3/c1-15-3-2-9-8(14)10-5-6-4-7(13)12-11-6/h4H,2-3,5H2,1H3,(H2,9,10,14)(H2,11,12,13). The van der Waals surface area contributed by atoms with Gasteiger partial charge in [-0.2, -0.15) is 0 Å². The van der Waals surface area contributed by atoms with Gasteiger partial charge in [0.1, 0.15) is 0 Å². The molecule has 84 valence electrons. The average Bonchev–Trinajstić information content (AvgIpc) is 2.62. The largest absolute Gasteiger partial charge is 0.383 e. The first-order chi connectivity index (χ1) is 7.22. The monoisotopic (exact) mass is 214 g/mol. The number of methoxy groups -OCH3 is 1. The van der Waals surface area contributed by atoms with Gasteiger partial charge in [-0.25, -0.2) is 4.79 Å². The van der Waals surface area contributed by atoms with Crippen molar-refractivity contribution >= 4 is 6.03 Å². The molecule has 7 nitrogen and oxygen atoms in total. The van der Waals surface area contributed by atoms with Crippen molar-refractivity contribution in [3.05, 3.63) is 22.1 Å². The number of carbonyl (C=O) groups is 1. The lowest BCUT2D eigenvalue weighted by Crippen LogP contribution is -2.36. The van der Waals surface area contributed by atoms with Crippen LogP contribution in [0.2, 0.25) is 0 Å². The molecule has 0 spiro atoms. The highest BCUT2D eigenvalue weighted by atomic mass is 16.5. The number of hydrogen-bond acceptors (Lipinski definition) is 3. The van der Waals surface area contributed by atoms with Crippen LogP contribution in [0.3, 0.4) is 0 Å². The lowest BCUT2D eigenvalue weighted by atomic mass is 10.4. The predicted molar refractivity (Wildman–Crippen MR) is 53.5 cm³/mol. The molecule has 1 aromatic heterocycles. The molecule has 0 atom stereocenters. The van der Waals surface area contributed by atoms with E-state index in [0.29, 0.717) is 18.8 Å². The van der Waals surface area contributed by atoms with Crippen molar-refractivity contribution in [1.82, 2.24) is 20.8 Å². The maximum atomic E-state index is 11.1. The number of rotatable bonds is 5. The van der Waals surface area contributed by atoms with Crippen molar-refractivity contribution in [2.45, 2.75) is 6.54 Å². The van der Waals surface area contributed by atoms with Gasteiger partial charge in [0.25, 0.3) is 5.56 Å². The Kier molecular flexibility index (Phi) is 4.42. The van der Waals surface area contributed by atoms with Crippen LogP contribution in [0.4, 0.5) is 4.79 Å². The van der Waals surface area contributed by atoms with Gasteiger partial charge in [0, 0.05) is 19.7 Å². The molecule has 0 bridgehead atoms. The minimum Gasteiger partial charge on any atom is -0.383 e. The van der Waals surface area contributed by atoms with E-state index >= 15 is 0 Å². The second-order valence-corrected chi connectivity index (χ2v) is 2.89. The van der Waals surface area contributed by atoms with Crippen molar-refractivity contribution in [2.75, 3.05) is 20.3 Å². The maximum absolute atomic E-state index is 11.1. The Morgan fingerprint density at radius 2 is 2.27 bits per heavy atom. The van der Waals surface area contributed by atoms with Gasteiger partial charge in [-0.3, -0.25) is 9.89 Å². The van der Waals surface area contributed by atoms with E-state index in [1.807, 2.05) is 0 Å². The SMILES string of the molecule is COCCNC(=O)NCc1cc(=O)[nH][nH]1. The summed E-state index contributed by atoms with van der Waals surface area (Å²) in [4.78, 5) is 21.8. The van der Waals surface area contributed by atoms with Crippen LogP contribution in [0.1, 0.15) is 5.69 Å². The molecule has 0 saturated heterocycles. The topological polar surface area (TPSA) is 99.0 Å². The van der Waals surface area contributed by atoms with E-state index < -0.39 is 0 Å². The Morgan fingerprint density at radius 3 is 2.87 bits per heavy atom. The third-order valence-electron chi connectivity index (χ3n) is 1.68. The highest BCUT2D eigenvalue weighted by Gasteiger charge is 2.00. The summed E-state index contributed by atoms with van der Waals surface area (Å²) in [5.41, 5.74) is 0.411. The van der Waals surface area contributed by atoms with E-state index in [9.17, 15) is 9.59 Å². The molecule has 0 aliphatic heterocycles. The number of aromatic amines is 2. The first kappa shape index (κ1) is 11.3. The lowest BCUT2D eigenvalue weighted by molar-refractivity contribution is 0.196. The van der Waals surface area contributed by atoms with Crippen molar-refractivity contribution in [3.8, 4) is 0 Å². The van der Waals surface area contributed by atoms with Crippen molar-refractivity contribution in [2.24, 2.45) is 0 Å². The number of aromatic nitrogens is 2. The van der Waals surface area contributed by atoms with Crippen LogP contribution < -0.4 is 16.2 Å². The zero-order valence-electron chi connectivity index (χ0n) is 8.42. The summed E-state index contributed by atoms with van der Waals surface area (Å²) in [6, 6.07) is 1.09. The fourth-order valence-electron chi connectivity index (χ4n) is 0.972. The van der Waals surface area contributed by atoms with Gasteiger partial charge >= 0.3 is 6.03 Å². The summed E-state index contributed by atoms with van der Waals surface area (Å²) in [7, 11) is 1.56. The summed E-state index contributed by atoms with van der Waals surface area (Å²) >= 11 is 0. The first-order valence-corrected chi connectivity index (χ1v) is 4.49. The van der Waals surface area contributed by atoms with E-state index in [-0.39, 0.29) is 18.1 Å². The van der Waals surface area contributed by atoms with Gasteiger partial charge in [0.05, 0.1) is 18.8 Å². The second-order valence-electron chi connectivity index (χ2n) is 2.89. The van der Waals surface area contributed by atoms with E-state index in [1.54, 1.807) is 7.11 Å². The fourth-order valence-corrected chi connectivity index (χ4v) is 0.972. The summed E-state index contributed by atoms with van der Waals surface area (Å²) in [6.45, 7) is 1.19. The van der Waals surface area contributed by atoms with E-state index in [4.69, 9.17) is 4.74 Å². The minimum absolute atomic E-state index is 0.216. The normalized spacial score (nSPS) is 9.93. The Labute approximate surface area is 86.2 Å². The zero-order chi connectivity index (χ0) is 11.1. The molecule has 2 amide bonds. The first-order valence-electron chi connectivity index (χ1n) is 4.49. The minimum atomic E-state index is -0.297. The summed E-state index contributed by atoms with van der Waals surface area (Å²) in [5, 5.41) is 10.2. The quantitative estimate of drug-likeness (QED) is 0.480. The fraction of sp³-hybridized carbons (Fsp3) is 0.500.